The first-order valence-electron chi connectivity index (χ1n) is 11.0. The first kappa shape index (κ1) is 22.4. The molecule has 4 rings (SSSR count). The Morgan fingerprint density at radius 3 is 2.55 bits per heavy atom. The number of nitrogens with zero attached hydrogens (tertiary/aromatic N) is 1. The van der Waals surface area contributed by atoms with Crippen LogP contribution in [-0.4, -0.2) is 25.3 Å². The normalized spacial score (nSPS) is 12.7. The third-order valence-electron chi connectivity index (χ3n) is 5.35. The van der Waals surface area contributed by atoms with Gasteiger partial charge in [0.25, 0.3) is 5.91 Å². The summed E-state index contributed by atoms with van der Waals surface area (Å²) in [5.74, 6) is 2.40. The molecule has 170 valence electrons. The minimum atomic E-state index is -0.281. The van der Waals surface area contributed by atoms with Gasteiger partial charge in [0.15, 0.2) is 11.5 Å². The Morgan fingerprint density at radius 1 is 1.03 bits per heavy atom. The first-order chi connectivity index (χ1) is 16.0. The van der Waals surface area contributed by atoms with Crippen molar-refractivity contribution in [2.24, 2.45) is 5.10 Å². The molecule has 0 bridgehead atoms. The van der Waals surface area contributed by atoms with E-state index in [0.29, 0.717) is 42.8 Å². The van der Waals surface area contributed by atoms with E-state index in [9.17, 15) is 4.79 Å². The van der Waals surface area contributed by atoms with Gasteiger partial charge in [0, 0.05) is 5.56 Å². The van der Waals surface area contributed by atoms with Crippen LogP contribution in [0.15, 0.2) is 65.8 Å². The largest absolute Gasteiger partial charge is 0.489 e. The summed E-state index contributed by atoms with van der Waals surface area (Å²) in [4.78, 5) is 12.4. The Balaban J connectivity index is 1.33. The van der Waals surface area contributed by atoms with E-state index >= 15 is 0 Å². The van der Waals surface area contributed by atoms with Crippen LogP contribution >= 0.6 is 0 Å². The van der Waals surface area contributed by atoms with Gasteiger partial charge in [-0.25, -0.2) is 5.43 Å². The minimum Gasteiger partial charge on any atom is -0.489 e. The topological polar surface area (TPSA) is 69.2 Å². The number of fused-ring (bicyclic) bond motifs is 1. The molecule has 6 heteroatoms. The molecule has 3 aromatic rings. The number of ether oxygens (including phenoxy) is 3. The zero-order chi connectivity index (χ0) is 23.2. The van der Waals surface area contributed by atoms with E-state index in [4.69, 9.17) is 14.2 Å². The molecule has 0 aliphatic carbocycles. The summed E-state index contributed by atoms with van der Waals surface area (Å²) in [5.41, 5.74) is 7.23. The Kier molecular flexibility index (Phi) is 6.93. The third kappa shape index (κ3) is 5.71. The highest BCUT2D eigenvalue weighted by Gasteiger charge is 2.11. The van der Waals surface area contributed by atoms with E-state index in [1.54, 1.807) is 18.3 Å². The average Bonchev–Trinajstić information content (AvgIpc) is 2.82. The molecule has 0 unspecified atom stereocenters. The van der Waals surface area contributed by atoms with Crippen LogP contribution in [0.5, 0.6) is 17.2 Å². The molecule has 1 amide bonds. The second-order valence-corrected chi connectivity index (χ2v) is 8.28. The fourth-order valence-corrected chi connectivity index (χ4v) is 3.53. The quantitative estimate of drug-likeness (QED) is 0.400. The lowest BCUT2D eigenvalue weighted by Gasteiger charge is -2.18. The summed E-state index contributed by atoms with van der Waals surface area (Å²) >= 11 is 0. The Labute approximate surface area is 194 Å². The van der Waals surface area contributed by atoms with Gasteiger partial charge in [-0.05, 0) is 71.5 Å². The second kappa shape index (κ2) is 10.2. The number of nitrogens with one attached hydrogen (secondary N) is 1. The van der Waals surface area contributed by atoms with Gasteiger partial charge >= 0.3 is 0 Å². The monoisotopic (exact) mass is 444 g/mol. The summed E-state index contributed by atoms with van der Waals surface area (Å²) in [7, 11) is 0. The maximum Gasteiger partial charge on any atom is 0.271 e. The molecular formula is C27H28N2O4. The van der Waals surface area contributed by atoms with Crippen molar-refractivity contribution in [1.29, 1.82) is 0 Å². The molecule has 1 N–H and O–H groups in total. The Morgan fingerprint density at radius 2 is 1.79 bits per heavy atom. The lowest BCUT2D eigenvalue weighted by Crippen LogP contribution is -2.18. The van der Waals surface area contributed by atoms with Crippen LogP contribution in [0.3, 0.4) is 0 Å². The Hall–Kier alpha value is -3.80. The van der Waals surface area contributed by atoms with Crippen molar-refractivity contribution in [2.75, 3.05) is 13.2 Å². The third-order valence-corrected chi connectivity index (χ3v) is 5.35. The lowest BCUT2D eigenvalue weighted by molar-refractivity contribution is 0.0955. The van der Waals surface area contributed by atoms with Crippen molar-refractivity contribution in [3.8, 4) is 17.2 Å². The summed E-state index contributed by atoms with van der Waals surface area (Å²) < 4.78 is 17.1. The number of rotatable bonds is 7. The van der Waals surface area contributed by atoms with Crippen LogP contribution in [0.4, 0.5) is 0 Å². The van der Waals surface area contributed by atoms with Crippen LogP contribution < -0.4 is 19.6 Å². The molecule has 1 aliphatic rings. The van der Waals surface area contributed by atoms with Crippen molar-refractivity contribution in [3.05, 3.63) is 88.5 Å². The van der Waals surface area contributed by atoms with E-state index in [1.807, 2.05) is 30.3 Å². The molecule has 1 heterocycles. The average molecular weight is 445 g/mol. The summed E-state index contributed by atoms with van der Waals surface area (Å²) in [6, 6.07) is 19.1. The molecule has 33 heavy (non-hydrogen) atoms. The summed E-state index contributed by atoms with van der Waals surface area (Å²) in [6.45, 7) is 7.87. The van der Waals surface area contributed by atoms with Crippen LogP contribution in [0, 0.1) is 6.92 Å². The lowest BCUT2D eigenvalue weighted by atomic mass is 10.0. The van der Waals surface area contributed by atoms with Crippen molar-refractivity contribution in [3.63, 3.8) is 0 Å². The van der Waals surface area contributed by atoms with E-state index < -0.39 is 0 Å². The SMILES string of the molecule is Cc1ccc(C(C)C)c(OCc2ccc(C(=O)NN=Cc3ccc4c(c3)OCCO4)cc2)c1. The fourth-order valence-electron chi connectivity index (χ4n) is 3.53. The highest BCUT2D eigenvalue weighted by molar-refractivity contribution is 5.95. The molecule has 0 radical (unpaired) electrons. The van der Waals surface area contributed by atoms with Crippen LogP contribution in [0.1, 0.15) is 52.4 Å². The summed E-state index contributed by atoms with van der Waals surface area (Å²) in [6.07, 6.45) is 1.58. The van der Waals surface area contributed by atoms with Gasteiger partial charge in [0.2, 0.25) is 0 Å². The number of aryl methyl sites for hydroxylation is 1. The van der Waals surface area contributed by atoms with Crippen molar-refractivity contribution in [1.82, 2.24) is 5.43 Å². The van der Waals surface area contributed by atoms with E-state index in [-0.39, 0.29) is 5.91 Å². The smallest absolute Gasteiger partial charge is 0.271 e. The molecule has 1 aliphatic heterocycles. The number of hydrazone groups is 1. The maximum atomic E-state index is 12.4. The molecule has 0 aromatic heterocycles. The number of carbonyl (C=O) groups is 1. The van der Waals surface area contributed by atoms with Crippen LogP contribution in [-0.2, 0) is 6.61 Å². The van der Waals surface area contributed by atoms with Gasteiger partial charge in [-0.15, -0.1) is 0 Å². The minimum absolute atomic E-state index is 0.281. The number of hydrogen-bond acceptors (Lipinski definition) is 5. The van der Waals surface area contributed by atoms with Crippen molar-refractivity contribution >= 4 is 12.1 Å². The highest BCUT2D eigenvalue weighted by atomic mass is 16.6. The Bertz CT molecular complexity index is 1150. The molecular weight excluding hydrogens is 416 g/mol. The van der Waals surface area contributed by atoms with Crippen molar-refractivity contribution in [2.45, 2.75) is 33.3 Å². The zero-order valence-corrected chi connectivity index (χ0v) is 19.1. The molecule has 3 aromatic carbocycles. The van der Waals surface area contributed by atoms with E-state index in [0.717, 1.165) is 16.9 Å². The zero-order valence-electron chi connectivity index (χ0n) is 19.1. The number of hydrogen-bond donors (Lipinski definition) is 1. The predicted octanol–water partition coefficient (Wildman–Crippen LogP) is 5.23. The fraction of sp³-hybridized carbons (Fsp3) is 0.259. The van der Waals surface area contributed by atoms with Gasteiger partial charge in [0.05, 0.1) is 6.21 Å². The molecule has 0 spiro atoms. The number of benzene rings is 3. The predicted molar refractivity (Wildman–Crippen MR) is 129 cm³/mol. The second-order valence-electron chi connectivity index (χ2n) is 8.28. The standard InChI is InChI=1S/C27H28N2O4/c1-18(2)23-10-4-19(3)14-25(23)33-17-20-5-8-22(9-6-20)27(30)29-28-16-21-7-11-24-26(15-21)32-13-12-31-24/h4-11,14-16,18H,12-13,17H2,1-3H3,(H,29,30). The molecule has 0 fully saturated rings. The van der Waals surface area contributed by atoms with E-state index in [2.05, 4.69) is 49.5 Å². The summed E-state index contributed by atoms with van der Waals surface area (Å²) in [5, 5.41) is 4.05. The van der Waals surface area contributed by atoms with Gasteiger partial charge < -0.3 is 14.2 Å². The molecule has 0 saturated carbocycles. The van der Waals surface area contributed by atoms with Gasteiger partial charge in [-0.2, -0.15) is 5.10 Å². The molecule has 0 saturated heterocycles. The van der Waals surface area contributed by atoms with Gasteiger partial charge in [0.1, 0.15) is 25.6 Å². The van der Waals surface area contributed by atoms with E-state index in [1.165, 1.54) is 11.1 Å². The molecule has 6 nitrogen and oxygen atoms in total. The van der Waals surface area contributed by atoms with Crippen LogP contribution in [0.25, 0.3) is 0 Å². The first-order valence-corrected chi connectivity index (χ1v) is 11.0. The van der Waals surface area contributed by atoms with Crippen molar-refractivity contribution < 1.29 is 19.0 Å². The maximum absolute atomic E-state index is 12.4. The van der Waals surface area contributed by atoms with Crippen LogP contribution in [0.2, 0.25) is 0 Å². The molecule has 0 atom stereocenters. The number of amides is 1. The van der Waals surface area contributed by atoms with Gasteiger partial charge in [-0.1, -0.05) is 38.1 Å². The highest BCUT2D eigenvalue weighted by Crippen LogP contribution is 2.30. The van der Waals surface area contributed by atoms with Gasteiger partial charge in [-0.3, -0.25) is 4.79 Å². The number of carbonyl (C=O) groups excluding carboxylic acids is 1.